The Hall–Kier alpha value is -1.55. The number of benzene rings is 1. The number of hydrogen-bond acceptors (Lipinski definition) is 3. The second kappa shape index (κ2) is 6.57. The van der Waals surface area contributed by atoms with E-state index in [9.17, 15) is 4.79 Å². The first-order valence-corrected chi connectivity index (χ1v) is 6.50. The molecular formula is C15H24N2O2. The van der Waals surface area contributed by atoms with Crippen LogP contribution in [0.3, 0.4) is 0 Å². The fourth-order valence-corrected chi connectivity index (χ4v) is 2.05. The van der Waals surface area contributed by atoms with E-state index in [4.69, 9.17) is 10.5 Å². The van der Waals surface area contributed by atoms with Gasteiger partial charge in [0, 0.05) is 33.0 Å². The molecule has 0 fully saturated rings. The Balaban J connectivity index is 2.75. The Kier molecular flexibility index (Phi) is 5.36. The van der Waals surface area contributed by atoms with Crippen molar-refractivity contribution in [3.63, 3.8) is 0 Å². The van der Waals surface area contributed by atoms with E-state index in [1.54, 1.807) is 12.0 Å². The number of likely N-dealkylation sites (N-methyl/N-ethyl adjacent to an activating group) is 1. The van der Waals surface area contributed by atoms with Gasteiger partial charge < -0.3 is 15.4 Å². The molecule has 0 atom stereocenters. The molecule has 1 amide bonds. The van der Waals surface area contributed by atoms with Gasteiger partial charge in [-0.05, 0) is 38.0 Å². The number of methoxy groups -OCH3 is 1. The van der Waals surface area contributed by atoms with Crippen LogP contribution in [0.1, 0.15) is 25.8 Å². The van der Waals surface area contributed by atoms with Gasteiger partial charge >= 0.3 is 0 Å². The van der Waals surface area contributed by atoms with Crippen molar-refractivity contribution < 1.29 is 9.53 Å². The molecule has 0 aromatic heterocycles. The summed E-state index contributed by atoms with van der Waals surface area (Å²) < 4.78 is 5.00. The number of carbonyl (C=O) groups is 1. The number of rotatable bonds is 6. The lowest BCUT2D eigenvalue weighted by molar-refractivity contribution is -0.135. The molecule has 1 aromatic rings. The van der Waals surface area contributed by atoms with Gasteiger partial charge in [0.25, 0.3) is 0 Å². The van der Waals surface area contributed by atoms with E-state index in [1.165, 1.54) is 0 Å². The predicted octanol–water partition coefficient (Wildman–Crippen LogP) is 2.04. The van der Waals surface area contributed by atoms with Gasteiger partial charge in [0.05, 0.1) is 5.41 Å². The summed E-state index contributed by atoms with van der Waals surface area (Å²) in [7, 11) is 3.50. The van der Waals surface area contributed by atoms with E-state index in [-0.39, 0.29) is 5.91 Å². The fourth-order valence-electron chi connectivity index (χ4n) is 2.05. The van der Waals surface area contributed by atoms with Crippen LogP contribution < -0.4 is 5.73 Å². The van der Waals surface area contributed by atoms with Crippen LogP contribution in [0.25, 0.3) is 0 Å². The Morgan fingerprint density at radius 1 is 1.32 bits per heavy atom. The van der Waals surface area contributed by atoms with Crippen LogP contribution in [0.5, 0.6) is 0 Å². The first kappa shape index (κ1) is 15.5. The van der Waals surface area contributed by atoms with Crippen molar-refractivity contribution in [2.75, 3.05) is 33.0 Å². The molecule has 0 aliphatic rings. The molecule has 0 heterocycles. The molecule has 2 N–H and O–H groups in total. The molecule has 0 saturated carbocycles. The van der Waals surface area contributed by atoms with Gasteiger partial charge in [0.15, 0.2) is 0 Å². The van der Waals surface area contributed by atoms with Crippen molar-refractivity contribution in [2.45, 2.75) is 25.7 Å². The highest BCUT2D eigenvalue weighted by atomic mass is 16.5. The van der Waals surface area contributed by atoms with Crippen molar-refractivity contribution in [1.82, 2.24) is 4.90 Å². The molecule has 106 valence electrons. The van der Waals surface area contributed by atoms with Gasteiger partial charge in [-0.1, -0.05) is 12.1 Å². The number of ether oxygens (including phenoxy) is 1. The topological polar surface area (TPSA) is 55.6 Å². The van der Waals surface area contributed by atoms with Crippen molar-refractivity contribution in [2.24, 2.45) is 0 Å². The lowest BCUT2D eigenvalue weighted by Gasteiger charge is -2.30. The van der Waals surface area contributed by atoms with Crippen LogP contribution in [0, 0.1) is 0 Å². The van der Waals surface area contributed by atoms with Gasteiger partial charge in [-0.2, -0.15) is 0 Å². The van der Waals surface area contributed by atoms with Crippen molar-refractivity contribution in [1.29, 1.82) is 0 Å². The molecule has 0 aliphatic heterocycles. The smallest absolute Gasteiger partial charge is 0.232 e. The number of anilines is 1. The third-order valence-electron chi connectivity index (χ3n) is 3.36. The van der Waals surface area contributed by atoms with Crippen molar-refractivity contribution in [3.05, 3.63) is 29.8 Å². The van der Waals surface area contributed by atoms with Gasteiger partial charge in [-0.25, -0.2) is 0 Å². The van der Waals surface area contributed by atoms with E-state index in [1.807, 2.05) is 45.2 Å². The third kappa shape index (κ3) is 3.96. The predicted molar refractivity (Wildman–Crippen MR) is 78.0 cm³/mol. The molecule has 0 bridgehead atoms. The first-order chi connectivity index (χ1) is 8.89. The average molecular weight is 264 g/mol. The zero-order valence-electron chi connectivity index (χ0n) is 12.3. The van der Waals surface area contributed by atoms with Crippen molar-refractivity contribution >= 4 is 11.6 Å². The number of nitrogens with two attached hydrogens (primary N) is 1. The number of hydrogen-bond donors (Lipinski definition) is 1. The summed E-state index contributed by atoms with van der Waals surface area (Å²) in [4.78, 5) is 14.3. The lowest BCUT2D eigenvalue weighted by atomic mass is 9.83. The van der Waals surface area contributed by atoms with Crippen LogP contribution in [0.4, 0.5) is 5.69 Å². The fraction of sp³-hybridized carbons (Fsp3) is 0.533. The summed E-state index contributed by atoms with van der Waals surface area (Å²) in [5, 5.41) is 0. The van der Waals surface area contributed by atoms with E-state index >= 15 is 0 Å². The Bertz CT molecular complexity index is 413. The number of nitrogens with zero attached hydrogens (tertiary/aromatic N) is 1. The maximum atomic E-state index is 12.5. The Labute approximate surface area is 115 Å². The molecule has 4 heteroatoms. The molecule has 0 saturated heterocycles. The monoisotopic (exact) mass is 264 g/mol. The van der Waals surface area contributed by atoms with E-state index in [0.717, 1.165) is 12.0 Å². The van der Waals surface area contributed by atoms with Crippen LogP contribution in [-0.2, 0) is 14.9 Å². The normalized spacial score (nSPS) is 11.4. The molecule has 0 unspecified atom stereocenters. The minimum atomic E-state index is -0.546. The largest absolute Gasteiger partial charge is 0.399 e. The highest BCUT2D eigenvalue weighted by molar-refractivity contribution is 5.87. The second-order valence-electron chi connectivity index (χ2n) is 5.32. The maximum Gasteiger partial charge on any atom is 0.232 e. The summed E-state index contributed by atoms with van der Waals surface area (Å²) in [5.74, 6) is 0.105. The first-order valence-electron chi connectivity index (χ1n) is 6.50. The minimum absolute atomic E-state index is 0.105. The lowest BCUT2D eigenvalue weighted by Crippen LogP contribution is -2.42. The Morgan fingerprint density at radius 3 is 2.42 bits per heavy atom. The van der Waals surface area contributed by atoms with Crippen molar-refractivity contribution in [3.8, 4) is 0 Å². The van der Waals surface area contributed by atoms with Gasteiger partial charge in [-0.3, -0.25) is 4.79 Å². The highest BCUT2D eigenvalue weighted by Gasteiger charge is 2.32. The minimum Gasteiger partial charge on any atom is -0.399 e. The quantitative estimate of drug-likeness (QED) is 0.632. The highest BCUT2D eigenvalue weighted by Crippen LogP contribution is 2.26. The standard InChI is InChI=1S/C15H24N2O2/c1-15(2,12-6-8-13(16)9-7-12)14(18)17(3)10-5-11-19-4/h6-9H,5,10-11,16H2,1-4H3. The van der Waals surface area contributed by atoms with Crippen LogP contribution >= 0.6 is 0 Å². The molecular weight excluding hydrogens is 240 g/mol. The summed E-state index contributed by atoms with van der Waals surface area (Å²) >= 11 is 0. The Morgan fingerprint density at radius 2 is 1.89 bits per heavy atom. The van der Waals surface area contributed by atoms with Gasteiger partial charge in [-0.15, -0.1) is 0 Å². The van der Waals surface area contributed by atoms with E-state index in [0.29, 0.717) is 18.8 Å². The van der Waals surface area contributed by atoms with E-state index in [2.05, 4.69) is 0 Å². The third-order valence-corrected chi connectivity index (χ3v) is 3.36. The summed E-state index contributed by atoms with van der Waals surface area (Å²) in [6, 6.07) is 7.48. The number of carbonyl (C=O) groups excluding carboxylic acids is 1. The zero-order chi connectivity index (χ0) is 14.5. The van der Waals surface area contributed by atoms with Crippen LogP contribution in [0.2, 0.25) is 0 Å². The average Bonchev–Trinajstić information content (AvgIpc) is 2.38. The van der Waals surface area contributed by atoms with Crippen LogP contribution in [-0.4, -0.2) is 38.1 Å². The molecule has 0 spiro atoms. The number of nitrogen functional groups attached to an aromatic ring is 1. The molecule has 0 radical (unpaired) electrons. The van der Waals surface area contributed by atoms with E-state index < -0.39 is 5.41 Å². The molecule has 19 heavy (non-hydrogen) atoms. The molecule has 1 aromatic carbocycles. The summed E-state index contributed by atoms with van der Waals surface area (Å²) in [6.45, 7) is 5.24. The molecule has 1 rings (SSSR count). The van der Waals surface area contributed by atoms with Gasteiger partial charge in [0.1, 0.15) is 0 Å². The maximum absolute atomic E-state index is 12.5. The van der Waals surface area contributed by atoms with Gasteiger partial charge in [0.2, 0.25) is 5.91 Å². The molecule has 0 aliphatic carbocycles. The summed E-state index contributed by atoms with van der Waals surface area (Å²) in [5.41, 5.74) is 6.82. The zero-order valence-corrected chi connectivity index (χ0v) is 12.3. The summed E-state index contributed by atoms with van der Waals surface area (Å²) in [6.07, 6.45) is 0.844. The van der Waals surface area contributed by atoms with Crippen LogP contribution in [0.15, 0.2) is 24.3 Å². The SMILES string of the molecule is COCCCN(C)C(=O)C(C)(C)c1ccc(N)cc1. The second-order valence-corrected chi connectivity index (χ2v) is 5.32. The molecule has 4 nitrogen and oxygen atoms in total. The number of amides is 1.